The summed E-state index contributed by atoms with van der Waals surface area (Å²) < 4.78 is 18.6. The summed E-state index contributed by atoms with van der Waals surface area (Å²) in [6, 6.07) is 16.7. The van der Waals surface area contributed by atoms with E-state index in [0.29, 0.717) is 12.4 Å². The van der Waals surface area contributed by atoms with Crippen molar-refractivity contribution in [3.63, 3.8) is 0 Å². The van der Waals surface area contributed by atoms with E-state index < -0.39 is 0 Å². The second kappa shape index (κ2) is 9.28. The first-order valence-electron chi connectivity index (χ1n) is 9.55. The second-order valence-corrected chi connectivity index (χ2v) is 7.96. The Bertz CT molecular complexity index is 861. The number of benzene rings is 2. The summed E-state index contributed by atoms with van der Waals surface area (Å²) in [6.45, 7) is 6.61. The predicted molar refractivity (Wildman–Crippen MR) is 110 cm³/mol. The van der Waals surface area contributed by atoms with E-state index in [2.05, 4.69) is 50.5 Å². The van der Waals surface area contributed by atoms with Gasteiger partial charge in [-0.05, 0) is 29.8 Å². The monoisotopic (exact) mass is 397 g/mol. The van der Waals surface area contributed by atoms with Crippen LogP contribution in [0.4, 0.5) is 4.39 Å². The lowest BCUT2D eigenvalue weighted by Gasteiger charge is -2.34. The van der Waals surface area contributed by atoms with Crippen molar-refractivity contribution >= 4 is 11.3 Å². The third-order valence-corrected chi connectivity index (χ3v) is 5.75. The summed E-state index contributed by atoms with van der Waals surface area (Å²) in [5.41, 5.74) is 2.47. The first-order chi connectivity index (χ1) is 13.7. The number of hydrogen-bond acceptors (Lipinski definition) is 5. The zero-order chi connectivity index (χ0) is 19.2. The molecule has 1 saturated heterocycles. The minimum Gasteiger partial charge on any atom is -0.486 e. The smallest absolute Gasteiger partial charge is 0.140 e. The molecule has 0 unspecified atom stereocenters. The van der Waals surface area contributed by atoms with E-state index in [1.165, 1.54) is 17.7 Å². The van der Waals surface area contributed by atoms with Gasteiger partial charge in [-0.3, -0.25) is 9.80 Å². The van der Waals surface area contributed by atoms with Gasteiger partial charge in [0.1, 0.15) is 23.2 Å². The van der Waals surface area contributed by atoms with Crippen LogP contribution in [0, 0.1) is 5.82 Å². The molecule has 2 aromatic carbocycles. The summed E-state index contributed by atoms with van der Waals surface area (Å²) in [4.78, 5) is 9.66. The molecule has 6 heteroatoms. The SMILES string of the molecule is Fc1ccc(OCc2nc(CN3CCN(Cc4ccccc4)CC3)cs2)cc1. The van der Waals surface area contributed by atoms with Crippen molar-refractivity contribution in [2.45, 2.75) is 19.7 Å². The van der Waals surface area contributed by atoms with Gasteiger partial charge in [-0.1, -0.05) is 30.3 Å². The number of piperazine rings is 1. The number of ether oxygens (including phenoxy) is 1. The van der Waals surface area contributed by atoms with E-state index in [9.17, 15) is 4.39 Å². The Labute approximate surface area is 169 Å². The van der Waals surface area contributed by atoms with Crippen molar-refractivity contribution in [1.29, 1.82) is 0 Å². The van der Waals surface area contributed by atoms with Crippen molar-refractivity contribution < 1.29 is 9.13 Å². The van der Waals surface area contributed by atoms with Crippen LogP contribution in [0.25, 0.3) is 0 Å². The number of nitrogens with zero attached hydrogens (tertiary/aromatic N) is 3. The lowest BCUT2D eigenvalue weighted by molar-refractivity contribution is 0.121. The summed E-state index contributed by atoms with van der Waals surface area (Å²) in [7, 11) is 0. The van der Waals surface area contributed by atoms with E-state index in [-0.39, 0.29) is 5.82 Å². The topological polar surface area (TPSA) is 28.6 Å². The molecule has 4 rings (SSSR count). The van der Waals surface area contributed by atoms with Crippen molar-refractivity contribution in [2.24, 2.45) is 0 Å². The molecular formula is C22H24FN3OS. The van der Waals surface area contributed by atoms with Gasteiger partial charge < -0.3 is 4.74 Å². The highest BCUT2D eigenvalue weighted by Crippen LogP contribution is 2.17. The quantitative estimate of drug-likeness (QED) is 0.598. The third-order valence-electron chi connectivity index (χ3n) is 4.87. The van der Waals surface area contributed by atoms with Crippen LogP contribution < -0.4 is 4.74 Å². The third kappa shape index (κ3) is 5.38. The van der Waals surface area contributed by atoms with Crippen LogP contribution >= 0.6 is 11.3 Å². The van der Waals surface area contributed by atoms with Crippen molar-refractivity contribution in [3.05, 3.63) is 82.1 Å². The molecule has 0 bridgehead atoms. The highest BCUT2D eigenvalue weighted by atomic mass is 32.1. The molecule has 0 spiro atoms. The van der Waals surface area contributed by atoms with Gasteiger partial charge in [-0.25, -0.2) is 9.37 Å². The summed E-state index contributed by atoms with van der Waals surface area (Å²) in [5.74, 6) is 0.403. The lowest BCUT2D eigenvalue weighted by atomic mass is 10.2. The number of rotatable bonds is 7. The molecule has 1 aromatic heterocycles. The largest absolute Gasteiger partial charge is 0.486 e. The lowest BCUT2D eigenvalue weighted by Crippen LogP contribution is -2.45. The molecule has 28 heavy (non-hydrogen) atoms. The molecule has 0 amide bonds. The Kier molecular flexibility index (Phi) is 6.31. The normalized spacial score (nSPS) is 15.6. The van der Waals surface area contributed by atoms with Crippen LogP contribution in [-0.4, -0.2) is 41.0 Å². The number of thiazole rings is 1. The summed E-state index contributed by atoms with van der Waals surface area (Å²) >= 11 is 1.62. The Morgan fingerprint density at radius 2 is 1.57 bits per heavy atom. The first kappa shape index (κ1) is 19.1. The van der Waals surface area contributed by atoms with Crippen LogP contribution in [-0.2, 0) is 19.7 Å². The maximum Gasteiger partial charge on any atom is 0.140 e. The molecule has 1 aliphatic rings. The zero-order valence-corrected chi connectivity index (χ0v) is 16.6. The molecule has 0 atom stereocenters. The number of hydrogen-bond donors (Lipinski definition) is 0. The van der Waals surface area contributed by atoms with E-state index in [4.69, 9.17) is 4.74 Å². The molecule has 3 aromatic rings. The van der Waals surface area contributed by atoms with Gasteiger partial charge in [-0.15, -0.1) is 11.3 Å². The van der Waals surface area contributed by atoms with Gasteiger partial charge in [-0.2, -0.15) is 0 Å². The standard InChI is InChI=1S/C22H24FN3OS/c23-19-6-8-21(9-7-19)27-16-22-24-20(17-28-22)15-26-12-10-25(11-13-26)14-18-4-2-1-3-5-18/h1-9,17H,10-16H2. The van der Waals surface area contributed by atoms with Crippen LogP contribution in [0.15, 0.2) is 60.0 Å². The number of aromatic nitrogens is 1. The van der Waals surface area contributed by atoms with E-state index in [0.717, 1.165) is 50.0 Å². The maximum absolute atomic E-state index is 12.9. The van der Waals surface area contributed by atoms with Crippen LogP contribution in [0.2, 0.25) is 0 Å². The average Bonchev–Trinajstić information content (AvgIpc) is 3.17. The fraction of sp³-hybridized carbons (Fsp3) is 0.318. The van der Waals surface area contributed by atoms with Gasteiger partial charge in [0.2, 0.25) is 0 Å². The molecule has 2 heterocycles. The molecule has 1 fully saturated rings. The second-order valence-electron chi connectivity index (χ2n) is 7.01. The Balaban J connectivity index is 1.22. The summed E-state index contributed by atoms with van der Waals surface area (Å²) in [6.07, 6.45) is 0. The highest BCUT2D eigenvalue weighted by Gasteiger charge is 2.18. The van der Waals surface area contributed by atoms with Crippen molar-refractivity contribution in [2.75, 3.05) is 26.2 Å². The summed E-state index contributed by atoms with van der Waals surface area (Å²) in [5, 5.41) is 3.06. The molecule has 0 saturated carbocycles. The molecule has 0 aliphatic carbocycles. The number of halogens is 1. The molecule has 4 nitrogen and oxygen atoms in total. The highest BCUT2D eigenvalue weighted by molar-refractivity contribution is 7.09. The van der Waals surface area contributed by atoms with Crippen LogP contribution in [0.5, 0.6) is 5.75 Å². The maximum atomic E-state index is 12.9. The van der Waals surface area contributed by atoms with Gasteiger partial charge >= 0.3 is 0 Å². The molecule has 146 valence electrons. The molecule has 1 aliphatic heterocycles. The average molecular weight is 398 g/mol. The van der Waals surface area contributed by atoms with Crippen LogP contribution in [0.1, 0.15) is 16.3 Å². The fourth-order valence-corrected chi connectivity index (χ4v) is 4.04. The van der Waals surface area contributed by atoms with Gasteiger partial charge in [0.15, 0.2) is 0 Å². The molecule has 0 radical (unpaired) electrons. The molecular weight excluding hydrogens is 373 g/mol. The van der Waals surface area contributed by atoms with Crippen LogP contribution in [0.3, 0.4) is 0 Å². The Hall–Kier alpha value is -2.28. The van der Waals surface area contributed by atoms with E-state index in [1.807, 2.05) is 0 Å². The van der Waals surface area contributed by atoms with Gasteiger partial charge in [0.25, 0.3) is 0 Å². The fourth-order valence-electron chi connectivity index (χ4n) is 3.34. The van der Waals surface area contributed by atoms with Gasteiger partial charge in [0, 0.05) is 44.6 Å². The van der Waals surface area contributed by atoms with E-state index >= 15 is 0 Å². The van der Waals surface area contributed by atoms with Crippen molar-refractivity contribution in [3.8, 4) is 5.75 Å². The zero-order valence-electron chi connectivity index (χ0n) is 15.8. The van der Waals surface area contributed by atoms with Crippen molar-refractivity contribution in [1.82, 2.24) is 14.8 Å². The van der Waals surface area contributed by atoms with Gasteiger partial charge in [0.05, 0.1) is 5.69 Å². The minimum atomic E-state index is -0.257. The molecule has 0 N–H and O–H groups in total. The first-order valence-corrected chi connectivity index (χ1v) is 10.4. The minimum absolute atomic E-state index is 0.257. The predicted octanol–water partition coefficient (Wildman–Crippen LogP) is 4.18. The van der Waals surface area contributed by atoms with E-state index in [1.54, 1.807) is 23.5 Å². The Morgan fingerprint density at radius 1 is 0.893 bits per heavy atom. The Morgan fingerprint density at radius 3 is 2.29 bits per heavy atom.